The summed E-state index contributed by atoms with van der Waals surface area (Å²) < 4.78 is 0. The van der Waals surface area contributed by atoms with Gasteiger partial charge in [0.2, 0.25) is 5.91 Å². The molecule has 1 aromatic carbocycles. The lowest BCUT2D eigenvalue weighted by Gasteiger charge is -2.21. The molecule has 0 aliphatic carbocycles. The van der Waals surface area contributed by atoms with Crippen LogP contribution in [0.2, 0.25) is 0 Å². The van der Waals surface area contributed by atoms with Crippen LogP contribution in [0.5, 0.6) is 0 Å². The van der Waals surface area contributed by atoms with Crippen LogP contribution in [0.1, 0.15) is 18.4 Å². The number of hydrogen-bond donors (Lipinski definition) is 1. The first-order valence-corrected chi connectivity index (χ1v) is 7.12. The van der Waals surface area contributed by atoms with E-state index in [1.807, 2.05) is 17.0 Å². The second-order valence-corrected chi connectivity index (χ2v) is 5.91. The van der Waals surface area contributed by atoms with Gasteiger partial charge >= 0.3 is 0 Å². The number of nitrogens with two attached hydrogens (primary N) is 1. The van der Waals surface area contributed by atoms with Gasteiger partial charge in [-0.3, -0.25) is 4.79 Å². The highest BCUT2D eigenvalue weighted by Crippen LogP contribution is 2.37. The quantitative estimate of drug-likeness (QED) is 0.774. The van der Waals surface area contributed by atoms with Crippen molar-refractivity contribution in [3.05, 3.63) is 23.8 Å². The molecule has 17 heavy (non-hydrogen) atoms. The fourth-order valence-corrected chi connectivity index (χ4v) is 3.87. The molecule has 4 heteroatoms. The molecule has 1 fully saturated rings. The van der Waals surface area contributed by atoms with Gasteiger partial charge in [-0.1, -0.05) is 12.1 Å². The van der Waals surface area contributed by atoms with Gasteiger partial charge in [-0.05, 0) is 36.6 Å². The van der Waals surface area contributed by atoms with Crippen LogP contribution in [0.3, 0.4) is 0 Å². The zero-order valence-corrected chi connectivity index (χ0v) is 10.5. The number of thioether (sulfide) groups is 1. The average Bonchev–Trinajstić information content (AvgIpc) is 2.98. The van der Waals surface area contributed by atoms with Crippen LogP contribution in [-0.2, 0) is 11.2 Å². The number of nitrogens with zero attached hydrogens (tertiary/aromatic N) is 1. The molecule has 1 atom stereocenters. The van der Waals surface area contributed by atoms with Crippen molar-refractivity contribution in [3.63, 3.8) is 0 Å². The van der Waals surface area contributed by atoms with Crippen molar-refractivity contribution in [2.75, 3.05) is 22.9 Å². The van der Waals surface area contributed by atoms with Crippen molar-refractivity contribution >= 4 is 29.0 Å². The molecule has 1 saturated heterocycles. The number of amides is 1. The largest absolute Gasteiger partial charge is 0.397 e. The Bertz CT molecular complexity index is 455. The molecule has 1 aromatic rings. The molecule has 0 spiro atoms. The van der Waals surface area contributed by atoms with Gasteiger partial charge in [0, 0.05) is 6.54 Å². The van der Waals surface area contributed by atoms with Crippen LogP contribution in [0, 0.1) is 0 Å². The van der Waals surface area contributed by atoms with E-state index >= 15 is 0 Å². The molecular weight excluding hydrogens is 232 g/mol. The summed E-state index contributed by atoms with van der Waals surface area (Å²) in [7, 11) is 0. The van der Waals surface area contributed by atoms with Gasteiger partial charge in [0.25, 0.3) is 0 Å². The second kappa shape index (κ2) is 4.26. The Morgan fingerprint density at radius 2 is 2.35 bits per heavy atom. The highest BCUT2D eigenvalue weighted by Gasteiger charge is 2.33. The summed E-state index contributed by atoms with van der Waals surface area (Å²) in [6.07, 6.45) is 3.11. The van der Waals surface area contributed by atoms with Gasteiger partial charge < -0.3 is 10.6 Å². The number of anilines is 2. The maximum Gasteiger partial charge on any atom is 0.240 e. The molecule has 0 radical (unpaired) electrons. The van der Waals surface area contributed by atoms with E-state index in [0.717, 1.165) is 42.9 Å². The third-order valence-corrected chi connectivity index (χ3v) is 4.86. The summed E-state index contributed by atoms with van der Waals surface area (Å²) in [6.45, 7) is 0.791. The lowest BCUT2D eigenvalue weighted by molar-refractivity contribution is -0.118. The van der Waals surface area contributed by atoms with Gasteiger partial charge in [0.05, 0.1) is 16.6 Å². The zero-order chi connectivity index (χ0) is 11.8. The maximum absolute atomic E-state index is 12.4. The van der Waals surface area contributed by atoms with Crippen molar-refractivity contribution in [1.29, 1.82) is 0 Å². The minimum absolute atomic E-state index is 0.153. The van der Waals surface area contributed by atoms with E-state index in [9.17, 15) is 4.79 Å². The molecule has 3 nitrogen and oxygen atoms in total. The highest BCUT2D eigenvalue weighted by atomic mass is 32.2. The number of hydrogen-bond acceptors (Lipinski definition) is 3. The van der Waals surface area contributed by atoms with Crippen LogP contribution >= 0.6 is 11.8 Å². The molecule has 0 saturated carbocycles. The van der Waals surface area contributed by atoms with Gasteiger partial charge in [-0.25, -0.2) is 0 Å². The van der Waals surface area contributed by atoms with Crippen molar-refractivity contribution in [2.24, 2.45) is 0 Å². The first kappa shape index (κ1) is 11.0. The Hall–Kier alpha value is -1.16. The summed E-state index contributed by atoms with van der Waals surface area (Å²) >= 11 is 1.79. The molecule has 0 bridgehead atoms. The number of para-hydroxylation sites is 1. The lowest BCUT2D eigenvalue weighted by Crippen LogP contribution is -2.35. The molecule has 0 aromatic heterocycles. The molecular formula is C13H16N2OS. The van der Waals surface area contributed by atoms with Crippen LogP contribution in [0.25, 0.3) is 0 Å². The summed E-state index contributed by atoms with van der Waals surface area (Å²) in [5.41, 5.74) is 8.90. The van der Waals surface area contributed by atoms with Crippen molar-refractivity contribution in [3.8, 4) is 0 Å². The van der Waals surface area contributed by atoms with Crippen LogP contribution in [0.15, 0.2) is 18.2 Å². The Labute approximate surface area is 105 Å². The fraction of sp³-hybridized carbons (Fsp3) is 0.462. The number of fused-ring (bicyclic) bond motifs is 1. The molecule has 1 unspecified atom stereocenters. The van der Waals surface area contributed by atoms with Crippen LogP contribution in [0.4, 0.5) is 11.4 Å². The third kappa shape index (κ3) is 1.80. The van der Waals surface area contributed by atoms with Crippen LogP contribution < -0.4 is 10.6 Å². The number of carbonyl (C=O) groups excluding carboxylic acids is 1. The van der Waals surface area contributed by atoms with E-state index in [2.05, 4.69) is 6.07 Å². The van der Waals surface area contributed by atoms with E-state index in [1.54, 1.807) is 11.8 Å². The van der Waals surface area contributed by atoms with Crippen LogP contribution in [-0.4, -0.2) is 23.5 Å². The van der Waals surface area contributed by atoms with Crippen molar-refractivity contribution in [2.45, 2.75) is 24.5 Å². The SMILES string of the molecule is Nc1cccc2c1N(C(=O)C1CCCS1)CC2. The fourth-order valence-electron chi connectivity index (χ4n) is 2.65. The van der Waals surface area contributed by atoms with E-state index in [-0.39, 0.29) is 11.2 Å². The Morgan fingerprint density at radius 3 is 3.12 bits per heavy atom. The molecule has 2 heterocycles. The molecule has 1 amide bonds. The van der Waals surface area contributed by atoms with Gasteiger partial charge in [0.1, 0.15) is 0 Å². The number of nitrogen functional groups attached to an aromatic ring is 1. The normalized spacial score (nSPS) is 22.8. The van der Waals surface area contributed by atoms with Gasteiger partial charge in [-0.2, -0.15) is 0 Å². The summed E-state index contributed by atoms with van der Waals surface area (Å²) in [5.74, 6) is 1.37. The lowest BCUT2D eigenvalue weighted by atomic mass is 10.1. The number of benzene rings is 1. The Morgan fingerprint density at radius 1 is 1.47 bits per heavy atom. The van der Waals surface area contributed by atoms with Gasteiger partial charge in [0.15, 0.2) is 0 Å². The Balaban J connectivity index is 1.90. The summed E-state index contributed by atoms with van der Waals surface area (Å²) in [6, 6.07) is 5.92. The molecule has 90 valence electrons. The first-order chi connectivity index (χ1) is 8.27. The topological polar surface area (TPSA) is 46.3 Å². The average molecular weight is 248 g/mol. The van der Waals surface area contributed by atoms with E-state index in [0.29, 0.717) is 0 Å². The number of carbonyl (C=O) groups is 1. The molecule has 3 rings (SSSR count). The predicted molar refractivity (Wildman–Crippen MR) is 72.4 cm³/mol. The monoisotopic (exact) mass is 248 g/mol. The minimum atomic E-state index is 0.153. The minimum Gasteiger partial charge on any atom is -0.397 e. The zero-order valence-electron chi connectivity index (χ0n) is 9.69. The highest BCUT2D eigenvalue weighted by molar-refractivity contribution is 8.00. The maximum atomic E-state index is 12.4. The Kier molecular flexibility index (Phi) is 2.74. The number of rotatable bonds is 1. The van der Waals surface area contributed by atoms with Crippen molar-refractivity contribution in [1.82, 2.24) is 0 Å². The predicted octanol–water partition coefficient (Wildman–Crippen LogP) is 2.05. The van der Waals surface area contributed by atoms with E-state index < -0.39 is 0 Å². The van der Waals surface area contributed by atoms with E-state index in [4.69, 9.17) is 5.73 Å². The summed E-state index contributed by atoms with van der Waals surface area (Å²) in [5, 5.41) is 0.153. The molecule has 2 N–H and O–H groups in total. The van der Waals surface area contributed by atoms with Crippen molar-refractivity contribution < 1.29 is 4.79 Å². The smallest absolute Gasteiger partial charge is 0.240 e. The molecule has 2 aliphatic heterocycles. The van der Waals surface area contributed by atoms with Gasteiger partial charge in [-0.15, -0.1) is 11.8 Å². The first-order valence-electron chi connectivity index (χ1n) is 6.08. The standard InChI is InChI=1S/C13H16N2OS/c14-10-4-1-3-9-6-7-15(12(9)10)13(16)11-5-2-8-17-11/h1,3-4,11H,2,5-8,14H2. The summed E-state index contributed by atoms with van der Waals surface area (Å²) in [4.78, 5) is 14.3. The second-order valence-electron chi connectivity index (χ2n) is 4.60. The van der Waals surface area contributed by atoms with E-state index in [1.165, 1.54) is 5.56 Å². The third-order valence-electron chi connectivity index (χ3n) is 3.50. The molecule has 2 aliphatic rings.